The van der Waals surface area contributed by atoms with Gasteiger partial charge in [0.2, 0.25) is 0 Å². The summed E-state index contributed by atoms with van der Waals surface area (Å²) in [4.78, 5) is 0. The van der Waals surface area contributed by atoms with Gasteiger partial charge in [0, 0.05) is 18.9 Å². The van der Waals surface area contributed by atoms with E-state index in [1.54, 1.807) is 20.9 Å². The van der Waals surface area contributed by atoms with Gasteiger partial charge in [0.05, 0.1) is 5.69 Å². The summed E-state index contributed by atoms with van der Waals surface area (Å²) in [5.74, 6) is 0.510. The first-order valence-electron chi connectivity index (χ1n) is 4.23. The standard InChI is InChI=1S/C8H15N3O2S/c1-5-7(6(2)14(4,12)13)10-11(3)8(5)9/h6H,9H2,1-4H3. The molecule has 1 unspecified atom stereocenters. The molecule has 2 N–H and O–H groups in total. The molecule has 0 amide bonds. The van der Waals surface area contributed by atoms with Crippen molar-refractivity contribution in [2.24, 2.45) is 7.05 Å². The summed E-state index contributed by atoms with van der Waals surface area (Å²) in [7, 11) is -1.42. The molecular weight excluding hydrogens is 202 g/mol. The number of sulfone groups is 1. The first-order valence-corrected chi connectivity index (χ1v) is 6.18. The molecule has 1 aromatic heterocycles. The Bertz CT molecular complexity index is 447. The lowest BCUT2D eigenvalue weighted by Gasteiger charge is -2.06. The molecular formula is C8H15N3O2S. The molecule has 1 atom stereocenters. The third kappa shape index (κ3) is 1.75. The van der Waals surface area contributed by atoms with E-state index in [0.717, 1.165) is 5.56 Å². The molecule has 0 radical (unpaired) electrons. The maximum atomic E-state index is 11.3. The summed E-state index contributed by atoms with van der Waals surface area (Å²) in [5.41, 5.74) is 6.97. The largest absolute Gasteiger partial charge is 0.384 e. The van der Waals surface area contributed by atoms with E-state index < -0.39 is 15.1 Å². The van der Waals surface area contributed by atoms with Crippen LogP contribution in [-0.4, -0.2) is 24.5 Å². The van der Waals surface area contributed by atoms with Crippen molar-refractivity contribution >= 4 is 15.7 Å². The lowest BCUT2D eigenvalue weighted by molar-refractivity contribution is 0.589. The van der Waals surface area contributed by atoms with E-state index in [1.165, 1.54) is 10.9 Å². The maximum Gasteiger partial charge on any atom is 0.155 e. The Hall–Kier alpha value is -1.04. The van der Waals surface area contributed by atoms with Crippen LogP contribution in [0.5, 0.6) is 0 Å². The monoisotopic (exact) mass is 217 g/mol. The third-order valence-corrected chi connectivity index (χ3v) is 3.91. The molecule has 0 spiro atoms. The maximum absolute atomic E-state index is 11.3. The Morgan fingerprint density at radius 2 is 2.00 bits per heavy atom. The van der Waals surface area contributed by atoms with Crippen LogP contribution in [0.2, 0.25) is 0 Å². The Balaban J connectivity index is 3.28. The van der Waals surface area contributed by atoms with Gasteiger partial charge in [-0.3, -0.25) is 4.68 Å². The lowest BCUT2D eigenvalue weighted by atomic mass is 10.2. The Labute approximate surface area is 83.8 Å². The first-order chi connectivity index (χ1) is 6.25. The van der Waals surface area contributed by atoms with Gasteiger partial charge in [-0.1, -0.05) is 0 Å². The topological polar surface area (TPSA) is 78.0 Å². The molecule has 1 aromatic rings. The molecule has 0 aromatic carbocycles. The van der Waals surface area contributed by atoms with Crippen LogP contribution >= 0.6 is 0 Å². The van der Waals surface area contributed by atoms with E-state index in [1.807, 2.05) is 0 Å². The molecule has 1 heterocycles. The number of aryl methyl sites for hydroxylation is 1. The van der Waals surface area contributed by atoms with Crippen LogP contribution in [0.15, 0.2) is 0 Å². The second kappa shape index (κ2) is 3.27. The molecule has 0 saturated heterocycles. The third-order valence-electron chi connectivity index (χ3n) is 2.40. The molecule has 6 heteroatoms. The van der Waals surface area contributed by atoms with E-state index in [0.29, 0.717) is 11.5 Å². The molecule has 0 fully saturated rings. The van der Waals surface area contributed by atoms with Crippen LogP contribution in [0, 0.1) is 6.92 Å². The highest BCUT2D eigenvalue weighted by Crippen LogP contribution is 2.25. The van der Waals surface area contributed by atoms with E-state index in [2.05, 4.69) is 5.10 Å². The van der Waals surface area contributed by atoms with E-state index in [4.69, 9.17) is 5.73 Å². The minimum atomic E-state index is -3.11. The van der Waals surface area contributed by atoms with Crippen molar-refractivity contribution in [3.8, 4) is 0 Å². The van der Waals surface area contributed by atoms with Crippen molar-refractivity contribution in [1.29, 1.82) is 0 Å². The van der Waals surface area contributed by atoms with Gasteiger partial charge in [-0.2, -0.15) is 5.10 Å². The summed E-state index contributed by atoms with van der Waals surface area (Å²) in [6, 6.07) is 0. The van der Waals surface area contributed by atoms with Crippen molar-refractivity contribution in [3.05, 3.63) is 11.3 Å². The minimum absolute atomic E-state index is 0.510. The molecule has 0 bridgehead atoms. The molecule has 80 valence electrons. The summed E-state index contributed by atoms with van der Waals surface area (Å²) in [6.07, 6.45) is 1.20. The minimum Gasteiger partial charge on any atom is -0.384 e. The first kappa shape index (κ1) is 11.0. The van der Waals surface area contributed by atoms with Crippen LogP contribution in [0.3, 0.4) is 0 Å². The van der Waals surface area contributed by atoms with Crippen molar-refractivity contribution < 1.29 is 8.42 Å². The van der Waals surface area contributed by atoms with E-state index in [-0.39, 0.29) is 0 Å². The van der Waals surface area contributed by atoms with Crippen molar-refractivity contribution in [3.63, 3.8) is 0 Å². The number of hydrogen-bond donors (Lipinski definition) is 1. The number of nitrogens with zero attached hydrogens (tertiary/aromatic N) is 2. The van der Waals surface area contributed by atoms with Gasteiger partial charge in [0.1, 0.15) is 11.1 Å². The molecule has 0 saturated carbocycles. The van der Waals surface area contributed by atoms with Crippen LogP contribution < -0.4 is 5.73 Å². The summed E-state index contributed by atoms with van der Waals surface area (Å²) < 4.78 is 24.1. The van der Waals surface area contributed by atoms with Crippen molar-refractivity contribution in [2.45, 2.75) is 19.1 Å². The average molecular weight is 217 g/mol. The summed E-state index contributed by atoms with van der Waals surface area (Å²) in [6.45, 7) is 3.39. The van der Waals surface area contributed by atoms with Crippen LogP contribution in [0.1, 0.15) is 23.4 Å². The highest BCUT2D eigenvalue weighted by molar-refractivity contribution is 7.90. The zero-order valence-electron chi connectivity index (χ0n) is 8.77. The quantitative estimate of drug-likeness (QED) is 0.778. The Morgan fingerprint density at radius 3 is 2.29 bits per heavy atom. The second-order valence-corrected chi connectivity index (χ2v) is 5.86. The smallest absolute Gasteiger partial charge is 0.155 e. The number of nitrogens with two attached hydrogens (primary N) is 1. The van der Waals surface area contributed by atoms with Crippen LogP contribution in [0.4, 0.5) is 5.82 Å². The van der Waals surface area contributed by atoms with Gasteiger partial charge in [-0.25, -0.2) is 8.42 Å². The van der Waals surface area contributed by atoms with Crippen molar-refractivity contribution in [1.82, 2.24) is 9.78 Å². The van der Waals surface area contributed by atoms with Crippen LogP contribution in [-0.2, 0) is 16.9 Å². The zero-order chi connectivity index (χ0) is 11.1. The lowest BCUT2D eigenvalue weighted by Crippen LogP contribution is -2.09. The Morgan fingerprint density at radius 1 is 1.50 bits per heavy atom. The highest BCUT2D eigenvalue weighted by atomic mass is 32.2. The number of rotatable bonds is 2. The fourth-order valence-corrected chi connectivity index (χ4v) is 1.88. The van der Waals surface area contributed by atoms with Gasteiger partial charge in [0.25, 0.3) is 0 Å². The van der Waals surface area contributed by atoms with Gasteiger partial charge in [-0.15, -0.1) is 0 Å². The molecule has 0 aliphatic heterocycles. The summed E-state index contributed by atoms with van der Waals surface area (Å²) >= 11 is 0. The fraction of sp³-hybridized carbons (Fsp3) is 0.625. The van der Waals surface area contributed by atoms with Crippen LogP contribution in [0.25, 0.3) is 0 Å². The SMILES string of the molecule is Cc1c(C(C)S(C)(=O)=O)nn(C)c1N. The molecule has 14 heavy (non-hydrogen) atoms. The predicted molar refractivity (Wildman–Crippen MR) is 55.6 cm³/mol. The van der Waals surface area contributed by atoms with Gasteiger partial charge in [-0.05, 0) is 13.8 Å². The van der Waals surface area contributed by atoms with E-state index in [9.17, 15) is 8.42 Å². The molecule has 5 nitrogen and oxygen atoms in total. The predicted octanol–water partition coefficient (Wildman–Crippen LogP) is 0.416. The number of aromatic nitrogens is 2. The van der Waals surface area contributed by atoms with Gasteiger partial charge >= 0.3 is 0 Å². The average Bonchev–Trinajstić information content (AvgIpc) is 2.30. The fourth-order valence-electron chi connectivity index (χ4n) is 1.25. The number of nitrogen functional groups attached to an aromatic ring is 1. The molecule has 0 aliphatic carbocycles. The Kier molecular flexibility index (Phi) is 2.58. The van der Waals surface area contributed by atoms with E-state index >= 15 is 0 Å². The molecule has 0 aliphatic rings. The number of anilines is 1. The normalized spacial score (nSPS) is 14.3. The number of hydrogen-bond acceptors (Lipinski definition) is 4. The van der Waals surface area contributed by atoms with Crippen molar-refractivity contribution in [2.75, 3.05) is 12.0 Å². The highest BCUT2D eigenvalue weighted by Gasteiger charge is 2.23. The van der Waals surface area contributed by atoms with Gasteiger partial charge in [0.15, 0.2) is 9.84 Å². The van der Waals surface area contributed by atoms with Gasteiger partial charge < -0.3 is 5.73 Å². The summed E-state index contributed by atoms with van der Waals surface area (Å²) in [5, 5.41) is 3.48. The second-order valence-electron chi connectivity index (χ2n) is 3.49. The zero-order valence-corrected chi connectivity index (χ0v) is 9.59. The molecule has 1 rings (SSSR count).